The summed E-state index contributed by atoms with van der Waals surface area (Å²) in [6, 6.07) is 16.4. The molecule has 0 aliphatic heterocycles. The monoisotopic (exact) mass is 389 g/mol. The highest BCUT2D eigenvalue weighted by molar-refractivity contribution is 5.92. The fourth-order valence-corrected chi connectivity index (χ4v) is 3.60. The van der Waals surface area contributed by atoms with Crippen LogP contribution < -0.4 is 10.1 Å². The van der Waals surface area contributed by atoms with Gasteiger partial charge in [0.05, 0.1) is 18.3 Å². The van der Waals surface area contributed by atoms with Crippen molar-refractivity contribution in [2.24, 2.45) is 7.05 Å². The van der Waals surface area contributed by atoms with Crippen LogP contribution in [0.1, 0.15) is 6.42 Å². The molecule has 0 saturated heterocycles. The van der Waals surface area contributed by atoms with Crippen molar-refractivity contribution in [2.45, 2.75) is 6.42 Å². The van der Waals surface area contributed by atoms with Gasteiger partial charge in [-0.05, 0) is 63.5 Å². The second-order valence-corrected chi connectivity index (χ2v) is 7.51. The van der Waals surface area contributed by atoms with E-state index in [0.717, 1.165) is 64.4 Å². The maximum absolute atomic E-state index is 5.37. The molecule has 2 heterocycles. The molecule has 2 aromatic heterocycles. The number of para-hydroxylation sites is 1. The van der Waals surface area contributed by atoms with Crippen LogP contribution in [0.2, 0.25) is 0 Å². The third kappa shape index (κ3) is 3.89. The molecule has 0 spiro atoms. The smallest absolute Gasteiger partial charge is 0.178 e. The van der Waals surface area contributed by atoms with Crippen LogP contribution in [0.4, 0.5) is 5.82 Å². The summed E-state index contributed by atoms with van der Waals surface area (Å²) in [5.74, 6) is 2.45. The molecule has 29 heavy (non-hydrogen) atoms. The summed E-state index contributed by atoms with van der Waals surface area (Å²) in [6.07, 6.45) is 1.05. The summed E-state index contributed by atoms with van der Waals surface area (Å²) >= 11 is 0. The number of nitrogens with one attached hydrogen (secondary N) is 1. The first-order valence-corrected chi connectivity index (χ1v) is 9.86. The third-order valence-corrected chi connectivity index (χ3v) is 5.16. The van der Waals surface area contributed by atoms with E-state index >= 15 is 0 Å². The van der Waals surface area contributed by atoms with E-state index in [4.69, 9.17) is 14.7 Å². The standard InChI is InChI=1S/C23H27N5O/c1-27(2)13-7-12-24-22-18-8-5-6-9-19(18)25-23(26-22)21-15-16-14-17(29-4)10-11-20(16)28(21)3/h5-6,8-11,14-15H,7,12-13H2,1-4H3,(H,24,25,26). The number of rotatable bonds is 7. The predicted molar refractivity (Wildman–Crippen MR) is 120 cm³/mol. The van der Waals surface area contributed by atoms with Gasteiger partial charge < -0.3 is 19.5 Å². The zero-order chi connectivity index (χ0) is 20.4. The van der Waals surface area contributed by atoms with Crippen molar-refractivity contribution in [1.29, 1.82) is 0 Å². The molecule has 0 amide bonds. The van der Waals surface area contributed by atoms with Gasteiger partial charge >= 0.3 is 0 Å². The lowest BCUT2D eigenvalue weighted by molar-refractivity contribution is 0.405. The van der Waals surface area contributed by atoms with Crippen molar-refractivity contribution in [3.8, 4) is 17.3 Å². The molecule has 0 aliphatic rings. The molecular weight excluding hydrogens is 362 g/mol. The lowest BCUT2D eigenvalue weighted by atomic mass is 10.2. The molecule has 0 unspecified atom stereocenters. The van der Waals surface area contributed by atoms with Gasteiger partial charge in [0.25, 0.3) is 0 Å². The number of aryl methyl sites for hydroxylation is 1. The highest BCUT2D eigenvalue weighted by Crippen LogP contribution is 2.30. The lowest BCUT2D eigenvalue weighted by Crippen LogP contribution is -2.17. The predicted octanol–water partition coefficient (Wildman–Crippen LogP) is 4.16. The second-order valence-electron chi connectivity index (χ2n) is 7.51. The van der Waals surface area contributed by atoms with Crippen LogP contribution in [0.3, 0.4) is 0 Å². The molecule has 0 bridgehead atoms. The normalized spacial score (nSPS) is 11.5. The number of anilines is 1. The molecule has 0 radical (unpaired) electrons. The molecule has 0 aliphatic carbocycles. The van der Waals surface area contributed by atoms with Crippen molar-refractivity contribution in [3.63, 3.8) is 0 Å². The first kappa shape index (κ1) is 19.2. The number of hydrogen-bond acceptors (Lipinski definition) is 5. The minimum atomic E-state index is 0.719. The van der Waals surface area contributed by atoms with Crippen LogP contribution in [0.5, 0.6) is 5.75 Å². The maximum atomic E-state index is 5.37. The first-order valence-electron chi connectivity index (χ1n) is 9.86. The lowest BCUT2D eigenvalue weighted by Gasteiger charge is -2.13. The number of methoxy groups -OCH3 is 1. The quantitative estimate of drug-likeness (QED) is 0.481. The average molecular weight is 390 g/mol. The van der Waals surface area contributed by atoms with E-state index in [1.165, 1.54) is 0 Å². The van der Waals surface area contributed by atoms with Gasteiger partial charge in [-0.1, -0.05) is 12.1 Å². The molecule has 4 rings (SSSR count). The number of benzene rings is 2. The molecule has 0 fully saturated rings. The van der Waals surface area contributed by atoms with Gasteiger partial charge in [0, 0.05) is 29.9 Å². The summed E-state index contributed by atoms with van der Waals surface area (Å²) in [7, 11) is 7.92. The van der Waals surface area contributed by atoms with Gasteiger partial charge in [0.1, 0.15) is 11.6 Å². The van der Waals surface area contributed by atoms with E-state index in [1.807, 2.05) is 37.4 Å². The van der Waals surface area contributed by atoms with Crippen molar-refractivity contribution < 1.29 is 4.74 Å². The highest BCUT2D eigenvalue weighted by atomic mass is 16.5. The average Bonchev–Trinajstić information content (AvgIpc) is 3.06. The van der Waals surface area contributed by atoms with Crippen molar-refractivity contribution >= 4 is 27.6 Å². The first-order chi connectivity index (χ1) is 14.1. The Balaban J connectivity index is 1.76. The van der Waals surface area contributed by atoms with Crippen molar-refractivity contribution in [3.05, 3.63) is 48.5 Å². The molecule has 150 valence electrons. The Labute approximate surface area is 171 Å². The van der Waals surface area contributed by atoms with E-state index in [2.05, 4.69) is 47.1 Å². The Hall–Kier alpha value is -3.12. The third-order valence-electron chi connectivity index (χ3n) is 5.16. The summed E-state index contributed by atoms with van der Waals surface area (Å²) < 4.78 is 7.51. The van der Waals surface area contributed by atoms with Gasteiger partial charge in [-0.25, -0.2) is 9.97 Å². The van der Waals surface area contributed by atoms with E-state index in [-0.39, 0.29) is 0 Å². The Bertz CT molecular complexity index is 1150. The SMILES string of the molecule is COc1ccc2c(c1)cc(-c1nc(NCCCN(C)C)c3ccccc3n1)n2C. The van der Waals surface area contributed by atoms with E-state index < -0.39 is 0 Å². The number of hydrogen-bond donors (Lipinski definition) is 1. The van der Waals surface area contributed by atoms with Crippen LogP contribution in [-0.4, -0.2) is 53.7 Å². The maximum Gasteiger partial charge on any atom is 0.178 e. The molecular formula is C23H27N5O. The van der Waals surface area contributed by atoms with Gasteiger partial charge in [0.15, 0.2) is 5.82 Å². The van der Waals surface area contributed by atoms with Crippen LogP contribution in [0.25, 0.3) is 33.3 Å². The number of ether oxygens (including phenoxy) is 1. The Morgan fingerprint density at radius 2 is 1.90 bits per heavy atom. The molecule has 0 saturated carbocycles. The zero-order valence-electron chi connectivity index (χ0n) is 17.4. The zero-order valence-corrected chi connectivity index (χ0v) is 17.4. The van der Waals surface area contributed by atoms with E-state index in [1.54, 1.807) is 7.11 Å². The molecule has 6 heteroatoms. The summed E-state index contributed by atoms with van der Waals surface area (Å²) in [5, 5.41) is 5.67. The van der Waals surface area contributed by atoms with Crippen LogP contribution in [-0.2, 0) is 7.05 Å². The van der Waals surface area contributed by atoms with Gasteiger partial charge in [0.2, 0.25) is 0 Å². The Morgan fingerprint density at radius 3 is 2.69 bits per heavy atom. The Kier molecular flexibility index (Phi) is 5.36. The highest BCUT2D eigenvalue weighted by Gasteiger charge is 2.14. The minimum Gasteiger partial charge on any atom is -0.497 e. The van der Waals surface area contributed by atoms with Crippen LogP contribution >= 0.6 is 0 Å². The van der Waals surface area contributed by atoms with E-state index in [0.29, 0.717) is 0 Å². The molecule has 4 aromatic rings. The molecule has 0 atom stereocenters. The number of nitrogens with zero attached hydrogens (tertiary/aromatic N) is 4. The molecule has 2 aromatic carbocycles. The molecule has 1 N–H and O–H groups in total. The summed E-state index contributed by atoms with van der Waals surface area (Å²) in [4.78, 5) is 11.9. The Morgan fingerprint density at radius 1 is 1.07 bits per heavy atom. The fourth-order valence-electron chi connectivity index (χ4n) is 3.60. The number of aromatic nitrogens is 3. The largest absolute Gasteiger partial charge is 0.497 e. The van der Waals surface area contributed by atoms with Crippen LogP contribution in [0.15, 0.2) is 48.5 Å². The van der Waals surface area contributed by atoms with Crippen molar-refractivity contribution in [2.75, 3.05) is 39.6 Å². The topological polar surface area (TPSA) is 55.2 Å². The van der Waals surface area contributed by atoms with Crippen LogP contribution in [0, 0.1) is 0 Å². The minimum absolute atomic E-state index is 0.719. The second kappa shape index (κ2) is 8.09. The fraction of sp³-hybridized carbons (Fsp3) is 0.304. The van der Waals surface area contributed by atoms with Crippen molar-refractivity contribution in [1.82, 2.24) is 19.4 Å². The van der Waals surface area contributed by atoms with Gasteiger partial charge in [-0.15, -0.1) is 0 Å². The van der Waals surface area contributed by atoms with E-state index in [9.17, 15) is 0 Å². The van der Waals surface area contributed by atoms with Gasteiger partial charge in [-0.3, -0.25) is 0 Å². The number of fused-ring (bicyclic) bond motifs is 2. The summed E-state index contributed by atoms with van der Waals surface area (Å²) in [5.41, 5.74) is 3.05. The molecule has 6 nitrogen and oxygen atoms in total. The van der Waals surface area contributed by atoms with Gasteiger partial charge in [-0.2, -0.15) is 0 Å². The summed E-state index contributed by atoms with van der Waals surface area (Å²) in [6.45, 7) is 1.90.